The van der Waals surface area contributed by atoms with Gasteiger partial charge in [-0.05, 0) is 18.2 Å². The second kappa shape index (κ2) is 4.49. The lowest BCUT2D eigenvalue weighted by atomic mass is 10.2. The van der Waals surface area contributed by atoms with Crippen LogP contribution in [0.2, 0.25) is 0 Å². The Morgan fingerprint density at radius 2 is 2.11 bits per heavy atom. The van der Waals surface area contributed by atoms with Gasteiger partial charge in [0.2, 0.25) is 16.2 Å². The zero-order valence-corrected chi connectivity index (χ0v) is 9.63. The highest BCUT2D eigenvalue weighted by Gasteiger charge is 2.21. The van der Waals surface area contributed by atoms with Crippen molar-refractivity contribution in [1.82, 2.24) is 15.0 Å². The first kappa shape index (κ1) is 12.1. The van der Waals surface area contributed by atoms with Crippen LogP contribution in [0.4, 0.5) is 0 Å². The molecule has 0 aliphatic carbocycles. The van der Waals surface area contributed by atoms with E-state index in [1.165, 1.54) is 18.2 Å². The molecule has 0 atom stereocenters. The lowest BCUT2D eigenvalue weighted by molar-refractivity contribution is 0.0696. The first-order chi connectivity index (χ1) is 8.51. The molecule has 0 aliphatic heterocycles. The summed E-state index contributed by atoms with van der Waals surface area (Å²) < 4.78 is 24.1. The van der Waals surface area contributed by atoms with Crippen LogP contribution in [-0.2, 0) is 9.84 Å². The molecule has 91 valence electrons. The number of nitrogens with zero attached hydrogens (tertiary/aromatic N) is 3. The predicted octanol–water partition coefficient (Wildman–Crippen LogP) is 0.203. The van der Waals surface area contributed by atoms with E-state index in [0.29, 0.717) is 0 Å². The molecular formula is C10H6N3O4S. The van der Waals surface area contributed by atoms with Gasteiger partial charge in [0.25, 0.3) is 5.16 Å². The molecule has 0 amide bonds. The Morgan fingerprint density at radius 3 is 2.72 bits per heavy atom. The number of hydrogen-bond donors (Lipinski definition) is 1. The summed E-state index contributed by atoms with van der Waals surface area (Å²) in [6.07, 6.45) is 3.12. The van der Waals surface area contributed by atoms with Crippen LogP contribution in [-0.4, -0.2) is 34.4 Å². The first-order valence-electron chi connectivity index (χ1n) is 4.65. The van der Waals surface area contributed by atoms with Crippen LogP contribution < -0.4 is 0 Å². The van der Waals surface area contributed by atoms with E-state index in [9.17, 15) is 13.2 Å². The van der Waals surface area contributed by atoms with Crippen LogP contribution in [0.1, 0.15) is 10.4 Å². The van der Waals surface area contributed by atoms with Gasteiger partial charge >= 0.3 is 5.97 Å². The molecule has 0 spiro atoms. The van der Waals surface area contributed by atoms with Crippen molar-refractivity contribution >= 4 is 15.8 Å². The maximum atomic E-state index is 12.0. The van der Waals surface area contributed by atoms with Crippen molar-refractivity contribution in [3.05, 3.63) is 42.5 Å². The third-order valence-corrected chi connectivity index (χ3v) is 3.61. The molecule has 18 heavy (non-hydrogen) atoms. The van der Waals surface area contributed by atoms with Gasteiger partial charge in [0.1, 0.15) is 6.33 Å². The van der Waals surface area contributed by atoms with Crippen LogP contribution in [0.25, 0.3) is 0 Å². The summed E-state index contributed by atoms with van der Waals surface area (Å²) >= 11 is 0. The smallest absolute Gasteiger partial charge is 0.335 e. The summed E-state index contributed by atoms with van der Waals surface area (Å²) in [5, 5.41) is 8.33. The normalized spacial score (nSPS) is 11.1. The van der Waals surface area contributed by atoms with Crippen molar-refractivity contribution in [3.8, 4) is 0 Å². The quantitative estimate of drug-likeness (QED) is 0.843. The molecule has 1 aromatic carbocycles. The molecule has 0 unspecified atom stereocenters. The molecule has 2 rings (SSSR count). The number of rotatable bonds is 3. The second-order valence-corrected chi connectivity index (χ2v) is 5.05. The number of aromatic carboxylic acids is 1. The van der Waals surface area contributed by atoms with Crippen molar-refractivity contribution in [2.75, 3.05) is 0 Å². The van der Waals surface area contributed by atoms with E-state index in [2.05, 4.69) is 21.3 Å². The van der Waals surface area contributed by atoms with Crippen molar-refractivity contribution in [2.45, 2.75) is 10.1 Å². The van der Waals surface area contributed by atoms with Gasteiger partial charge < -0.3 is 5.11 Å². The molecule has 0 saturated carbocycles. The van der Waals surface area contributed by atoms with E-state index in [1.54, 1.807) is 0 Å². The van der Waals surface area contributed by atoms with Gasteiger partial charge in [-0.3, -0.25) is 0 Å². The van der Waals surface area contributed by atoms with Gasteiger partial charge in [0.15, 0.2) is 0 Å². The van der Waals surface area contributed by atoms with Crippen molar-refractivity contribution in [2.24, 2.45) is 0 Å². The fourth-order valence-electron chi connectivity index (χ4n) is 1.24. The average molecular weight is 264 g/mol. The lowest BCUT2D eigenvalue weighted by Crippen LogP contribution is -2.08. The first-order valence-corrected chi connectivity index (χ1v) is 6.13. The van der Waals surface area contributed by atoms with Crippen LogP contribution >= 0.6 is 0 Å². The van der Waals surface area contributed by atoms with E-state index >= 15 is 0 Å². The molecule has 1 heterocycles. The number of carboxylic acid groups (broad SMARTS) is 1. The molecule has 0 bridgehead atoms. The van der Waals surface area contributed by atoms with Crippen molar-refractivity contribution in [1.29, 1.82) is 0 Å². The van der Waals surface area contributed by atoms with Gasteiger partial charge in [-0.25, -0.2) is 23.2 Å². The Labute approximate surface area is 102 Å². The summed E-state index contributed by atoms with van der Waals surface area (Å²) in [4.78, 5) is 20.9. The van der Waals surface area contributed by atoms with E-state index in [-0.39, 0.29) is 10.5 Å². The standard InChI is InChI=1S/C10H6N3O4S/c14-9(15)7-2-1-3-8(4-7)18(16,17)10-12-5-11-6-13-10/h1-5H,(H,14,15). The van der Waals surface area contributed by atoms with Gasteiger partial charge in [-0.15, -0.1) is 0 Å². The Kier molecular flexibility index (Phi) is 3.02. The number of carboxylic acids is 1. The number of sulfone groups is 1. The summed E-state index contributed by atoms with van der Waals surface area (Å²) in [6.45, 7) is 0. The molecule has 1 radical (unpaired) electrons. The summed E-state index contributed by atoms with van der Waals surface area (Å²) in [6, 6.07) is 4.94. The summed E-state index contributed by atoms with van der Waals surface area (Å²) in [7, 11) is -3.95. The third-order valence-electron chi connectivity index (χ3n) is 2.06. The zero-order valence-electron chi connectivity index (χ0n) is 8.81. The lowest BCUT2D eigenvalue weighted by Gasteiger charge is -2.02. The molecule has 2 aromatic rings. The third kappa shape index (κ3) is 2.18. The van der Waals surface area contributed by atoms with Crippen LogP contribution in [0.3, 0.4) is 0 Å². The van der Waals surface area contributed by atoms with Crippen molar-refractivity contribution < 1.29 is 18.3 Å². The predicted molar refractivity (Wildman–Crippen MR) is 57.5 cm³/mol. The maximum Gasteiger partial charge on any atom is 0.335 e. The Balaban J connectivity index is 2.55. The van der Waals surface area contributed by atoms with Gasteiger partial charge in [-0.1, -0.05) is 6.07 Å². The van der Waals surface area contributed by atoms with Crippen LogP contribution in [0, 0.1) is 6.33 Å². The Bertz CT molecular complexity index is 685. The molecule has 7 nitrogen and oxygen atoms in total. The highest BCUT2D eigenvalue weighted by Crippen LogP contribution is 2.17. The number of carbonyl (C=O) groups is 1. The molecule has 8 heteroatoms. The minimum atomic E-state index is -3.95. The minimum absolute atomic E-state index is 0.130. The largest absolute Gasteiger partial charge is 0.478 e. The van der Waals surface area contributed by atoms with Crippen molar-refractivity contribution in [3.63, 3.8) is 0 Å². The average Bonchev–Trinajstić information content (AvgIpc) is 2.40. The van der Waals surface area contributed by atoms with Crippen LogP contribution in [0.5, 0.6) is 0 Å². The number of aromatic nitrogens is 3. The fourth-order valence-corrected chi connectivity index (χ4v) is 2.33. The molecule has 1 N–H and O–H groups in total. The fraction of sp³-hybridized carbons (Fsp3) is 0. The monoisotopic (exact) mass is 264 g/mol. The van der Waals surface area contributed by atoms with E-state index in [1.807, 2.05) is 0 Å². The molecular weight excluding hydrogens is 258 g/mol. The summed E-state index contributed by atoms with van der Waals surface area (Å²) in [5.41, 5.74) is -0.130. The number of benzene rings is 1. The van der Waals surface area contributed by atoms with Gasteiger partial charge in [0, 0.05) is 0 Å². The van der Waals surface area contributed by atoms with E-state index < -0.39 is 21.0 Å². The maximum absolute atomic E-state index is 12.0. The van der Waals surface area contributed by atoms with E-state index in [4.69, 9.17) is 5.11 Å². The Hall–Kier alpha value is -2.35. The highest BCUT2D eigenvalue weighted by molar-refractivity contribution is 7.91. The van der Waals surface area contributed by atoms with Gasteiger partial charge in [-0.2, -0.15) is 4.98 Å². The molecule has 0 saturated heterocycles. The number of hydrogen-bond acceptors (Lipinski definition) is 6. The SMILES string of the molecule is O=C(O)c1cccc(S(=O)(=O)c2n[c]ncn2)c1. The van der Waals surface area contributed by atoms with E-state index in [0.717, 1.165) is 12.4 Å². The molecule has 0 fully saturated rings. The highest BCUT2D eigenvalue weighted by atomic mass is 32.2. The molecule has 0 aliphatic rings. The van der Waals surface area contributed by atoms with Gasteiger partial charge in [0.05, 0.1) is 10.5 Å². The molecule has 1 aromatic heterocycles. The Morgan fingerprint density at radius 1 is 1.33 bits per heavy atom. The minimum Gasteiger partial charge on any atom is -0.478 e. The van der Waals surface area contributed by atoms with Crippen LogP contribution in [0.15, 0.2) is 40.6 Å². The topological polar surface area (TPSA) is 110 Å². The second-order valence-electron chi connectivity index (χ2n) is 3.20. The summed E-state index contributed by atoms with van der Waals surface area (Å²) in [5.74, 6) is -1.21. The zero-order chi connectivity index (χ0) is 13.2.